The van der Waals surface area contributed by atoms with Crippen LogP contribution < -0.4 is 4.90 Å². The molecule has 1 aromatic heterocycles. The largest absolute Gasteiger partial charge is 0.310 e. The van der Waals surface area contributed by atoms with E-state index in [1.54, 1.807) is 24.3 Å². The van der Waals surface area contributed by atoms with E-state index in [-0.39, 0.29) is 35.3 Å². The molecule has 0 atom stereocenters. The molecule has 0 amide bonds. The number of benzene rings is 12. The number of aromatic nitrogens is 1. The molecule has 2 heteroatoms. The Morgan fingerprint density at radius 3 is 1.46 bits per heavy atom. The predicted molar refractivity (Wildman–Crippen MR) is 298 cm³/mol. The quantitative estimate of drug-likeness (QED) is 0.140. The summed E-state index contributed by atoms with van der Waals surface area (Å²) in [5.41, 5.74) is 13.2. The van der Waals surface area contributed by atoms with Crippen molar-refractivity contribution in [2.75, 3.05) is 4.90 Å². The highest BCUT2D eigenvalue weighted by Gasteiger charge is 2.20. The third-order valence-electron chi connectivity index (χ3n) is 13.4. The van der Waals surface area contributed by atoms with Gasteiger partial charge in [-0.3, -0.25) is 0 Å². The molecule has 0 saturated carbocycles. The van der Waals surface area contributed by atoms with Crippen molar-refractivity contribution in [3.63, 3.8) is 0 Å². The lowest BCUT2D eigenvalue weighted by Crippen LogP contribution is -2.10. The first-order valence-corrected chi connectivity index (χ1v) is 23.3. The molecule has 0 N–H and O–H groups in total. The lowest BCUT2D eigenvalue weighted by Gasteiger charge is -2.28. The number of rotatable bonds is 9. The number of nitrogens with zero attached hydrogens (tertiary/aromatic N) is 2. The molecule has 328 valence electrons. The van der Waals surface area contributed by atoms with Gasteiger partial charge in [-0.05, 0) is 115 Å². The first kappa shape index (κ1) is 31.7. The molecule has 0 aliphatic carbocycles. The maximum absolute atomic E-state index is 8.67. The van der Waals surface area contributed by atoms with Crippen molar-refractivity contribution in [1.82, 2.24) is 4.57 Å². The van der Waals surface area contributed by atoms with E-state index >= 15 is 0 Å². The van der Waals surface area contributed by atoms with E-state index in [2.05, 4.69) is 161 Å². The second kappa shape index (κ2) is 17.4. The highest BCUT2D eigenvalue weighted by Crippen LogP contribution is 2.44. The minimum atomic E-state index is -0.460. The van der Waals surface area contributed by atoms with E-state index < -0.39 is 36.3 Å². The van der Waals surface area contributed by atoms with Gasteiger partial charge >= 0.3 is 0 Å². The van der Waals surface area contributed by atoms with Crippen molar-refractivity contribution in [3.05, 3.63) is 279 Å². The summed E-state index contributed by atoms with van der Waals surface area (Å²) < 4.78 is 86.6. The molecule has 70 heavy (non-hydrogen) atoms. The van der Waals surface area contributed by atoms with Gasteiger partial charge in [-0.15, -0.1) is 0 Å². The molecule has 13 rings (SSSR count). The van der Waals surface area contributed by atoms with Gasteiger partial charge in [-0.2, -0.15) is 0 Å². The van der Waals surface area contributed by atoms with Gasteiger partial charge in [0, 0.05) is 38.6 Å². The number of fused-ring (bicyclic) bond motifs is 6. The normalized spacial score (nSPS) is 13.4. The molecule has 0 spiro atoms. The molecule has 0 fully saturated rings. The van der Waals surface area contributed by atoms with Crippen LogP contribution in [0.5, 0.6) is 0 Å². The fraction of sp³-hybridized carbons (Fsp3) is 0. The summed E-state index contributed by atoms with van der Waals surface area (Å²) in [6.07, 6.45) is 0. The van der Waals surface area contributed by atoms with Gasteiger partial charge in [0.15, 0.2) is 0 Å². The van der Waals surface area contributed by atoms with E-state index in [0.717, 1.165) is 55.5 Å². The van der Waals surface area contributed by atoms with Crippen LogP contribution in [0.4, 0.5) is 17.1 Å². The number of hydrogen-bond acceptors (Lipinski definition) is 1. The summed E-state index contributed by atoms with van der Waals surface area (Å²) in [6, 6.07) is 70.8. The molecular formula is C68H46N2. The SMILES string of the molecule is [2H]c1c([2H])c([2H])c(-c2ccc(N(c3ccc(-c4c([2H])c([2H])c([2H])c([2H])c4[2H])cc3)c3ccc(-c4ccc(-c5ccc6c7ccc8ccccc8c7n(-c7ccc(-c8ccccc8)cc7)c6c5)cc4)c4ccccc34)cc2)c([2H])c1[2H]. The molecule has 12 aromatic carbocycles. The highest BCUT2D eigenvalue weighted by atomic mass is 15.1. The lowest BCUT2D eigenvalue weighted by atomic mass is 9.94. The fourth-order valence-electron chi connectivity index (χ4n) is 10.0. The third kappa shape index (κ3) is 7.31. The zero-order chi connectivity index (χ0) is 55.1. The first-order valence-electron chi connectivity index (χ1n) is 28.3. The average Bonchev–Trinajstić information content (AvgIpc) is 4.00. The summed E-state index contributed by atoms with van der Waals surface area (Å²) in [7, 11) is 0. The molecule has 0 aliphatic heterocycles. The predicted octanol–water partition coefficient (Wildman–Crippen LogP) is 18.9. The summed E-state index contributed by atoms with van der Waals surface area (Å²) >= 11 is 0. The molecule has 2 nitrogen and oxygen atoms in total. The molecule has 13 aromatic rings. The zero-order valence-corrected chi connectivity index (χ0v) is 37.7. The van der Waals surface area contributed by atoms with Crippen LogP contribution in [0.25, 0.3) is 105 Å². The second-order valence-electron chi connectivity index (χ2n) is 17.3. The highest BCUT2D eigenvalue weighted by molar-refractivity contribution is 6.19. The molecule has 0 unspecified atom stereocenters. The zero-order valence-electron chi connectivity index (χ0n) is 47.7. The smallest absolute Gasteiger partial charge is 0.0629 e. The van der Waals surface area contributed by atoms with Crippen molar-refractivity contribution in [2.45, 2.75) is 0 Å². The summed E-state index contributed by atoms with van der Waals surface area (Å²) in [4.78, 5) is 2.06. The van der Waals surface area contributed by atoms with Gasteiger partial charge in [0.05, 0.1) is 30.4 Å². The monoisotopic (exact) mass is 900 g/mol. The van der Waals surface area contributed by atoms with Gasteiger partial charge in [-0.25, -0.2) is 0 Å². The van der Waals surface area contributed by atoms with E-state index in [0.29, 0.717) is 22.5 Å². The Kier molecular flexibility index (Phi) is 7.89. The van der Waals surface area contributed by atoms with Crippen molar-refractivity contribution in [2.24, 2.45) is 0 Å². The van der Waals surface area contributed by atoms with E-state index in [9.17, 15) is 0 Å². The van der Waals surface area contributed by atoms with E-state index in [1.165, 1.54) is 32.6 Å². The van der Waals surface area contributed by atoms with Gasteiger partial charge in [0.25, 0.3) is 0 Å². The number of anilines is 3. The van der Waals surface area contributed by atoms with Crippen LogP contribution in [0.2, 0.25) is 0 Å². The van der Waals surface area contributed by atoms with Crippen molar-refractivity contribution in [1.29, 1.82) is 0 Å². The van der Waals surface area contributed by atoms with Crippen LogP contribution in [0.1, 0.15) is 13.7 Å². The Morgan fingerprint density at radius 1 is 0.314 bits per heavy atom. The summed E-state index contributed by atoms with van der Waals surface area (Å²) in [6.45, 7) is 0. The van der Waals surface area contributed by atoms with E-state index in [4.69, 9.17) is 13.7 Å². The average molecular weight is 901 g/mol. The van der Waals surface area contributed by atoms with Gasteiger partial charge < -0.3 is 9.47 Å². The van der Waals surface area contributed by atoms with Crippen LogP contribution in [0.3, 0.4) is 0 Å². The van der Waals surface area contributed by atoms with E-state index in [1.807, 2.05) is 42.5 Å². The maximum atomic E-state index is 8.67. The van der Waals surface area contributed by atoms with Gasteiger partial charge in [-0.1, -0.05) is 230 Å². The molecule has 0 radical (unpaired) electrons. The Labute approximate surface area is 422 Å². The third-order valence-corrected chi connectivity index (χ3v) is 13.4. The maximum Gasteiger partial charge on any atom is 0.0629 e. The fourth-order valence-corrected chi connectivity index (χ4v) is 10.0. The van der Waals surface area contributed by atoms with Crippen molar-refractivity contribution in [3.8, 4) is 61.3 Å². The lowest BCUT2D eigenvalue weighted by molar-refractivity contribution is 1.19. The van der Waals surface area contributed by atoms with Crippen molar-refractivity contribution >= 4 is 60.4 Å². The second-order valence-corrected chi connectivity index (χ2v) is 17.3. The molecule has 1 heterocycles. The number of hydrogen-bond donors (Lipinski definition) is 0. The Hall–Kier alpha value is -9.24. The van der Waals surface area contributed by atoms with Crippen molar-refractivity contribution < 1.29 is 13.7 Å². The topological polar surface area (TPSA) is 8.17 Å². The van der Waals surface area contributed by atoms with Crippen LogP contribution >= 0.6 is 0 Å². The Morgan fingerprint density at radius 2 is 0.800 bits per heavy atom. The standard InChI is InChI=1S/C68H46N2/c1-4-14-47(15-5-1)50-28-36-57(37-29-50)69(58-38-30-51(31-39-58)48-16-6-2-7-17-48)66-45-44-60(62-22-12-13-23-63(62)66)55-26-24-53(25-27-55)56-35-42-64-65-43-34-54-20-10-11-21-61(54)68(65)70(67(64)46-56)59-40-32-52(33-41-59)49-18-8-3-9-19-49/h1-46H/i1D,2D,4D,5D,6D,7D,14D,15D,16D,17D. The van der Waals surface area contributed by atoms with Crippen LogP contribution in [0.15, 0.2) is 279 Å². The van der Waals surface area contributed by atoms with Gasteiger partial charge in [0.2, 0.25) is 0 Å². The summed E-state index contributed by atoms with van der Waals surface area (Å²) in [5.74, 6) is 0. The molecule has 0 aliphatic rings. The van der Waals surface area contributed by atoms with Gasteiger partial charge in [0.1, 0.15) is 0 Å². The Balaban J connectivity index is 0.902. The Bertz CT molecular complexity index is 4450. The first-order chi connectivity index (χ1) is 38.9. The summed E-state index contributed by atoms with van der Waals surface area (Å²) in [5, 5.41) is 6.66. The van der Waals surface area contributed by atoms with Crippen LogP contribution in [-0.2, 0) is 0 Å². The van der Waals surface area contributed by atoms with Crippen LogP contribution in [0, 0.1) is 0 Å². The van der Waals surface area contributed by atoms with Crippen LogP contribution in [-0.4, -0.2) is 4.57 Å². The molecule has 0 saturated heterocycles. The minimum Gasteiger partial charge on any atom is -0.310 e. The molecule has 0 bridgehead atoms. The molecular weight excluding hydrogens is 845 g/mol. The minimum absolute atomic E-state index is 0.0975.